The van der Waals surface area contributed by atoms with Crippen molar-refractivity contribution in [3.8, 4) is 22.6 Å². The SMILES string of the molecule is Cn1ccc(-c2ccc(-c3c4cc(C(C)(C)C)ccc4cc4ccc(C(C)(C)C)cc34)[nH]2)n1. The van der Waals surface area contributed by atoms with Crippen LogP contribution in [0.1, 0.15) is 52.7 Å². The van der Waals surface area contributed by atoms with Gasteiger partial charge in [0.25, 0.3) is 0 Å². The zero-order valence-electron chi connectivity index (χ0n) is 20.7. The van der Waals surface area contributed by atoms with Gasteiger partial charge in [-0.3, -0.25) is 4.68 Å². The number of aromatic amines is 1. The molecule has 1 N–H and O–H groups in total. The Morgan fingerprint density at radius 3 is 1.70 bits per heavy atom. The van der Waals surface area contributed by atoms with E-state index in [1.54, 1.807) is 0 Å². The van der Waals surface area contributed by atoms with E-state index in [9.17, 15) is 0 Å². The summed E-state index contributed by atoms with van der Waals surface area (Å²) in [5.74, 6) is 0. The Labute approximate surface area is 196 Å². The van der Waals surface area contributed by atoms with Gasteiger partial charge in [0.05, 0.1) is 5.69 Å². The molecule has 3 aromatic carbocycles. The van der Waals surface area contributed by atoms with Gasteiger partial charge in [0.15, 0.2) is 0 Å². The number of hydrogen-bond donors (Lipinski definition) is 1. The number of aryl methyl sites for hydroxylation is 1. The Balaban J connectivity index is 1.84. The Kier molecular flexibility index (Phi) is 4.79. The molecule has 0 aliphatic carbocycles. The van der Waals surface area contributed by atoms with Gasteiger partial charge in [-0.2, -0.15) is 5.10 Å². The number of rotatable bonds is 2. The van der Waals surface area contributed by atoms with E-state index in [1.807, 2.05) is 24.0 Å². The third kappa shape index (κ3) is 3.86. The molecule has 5 aromatic rings. The number of nitrogens with zero attached hydrogens (tertiary/aromatic N) is 2. The van der Waals surface area contributed by atoms with Crippen LogP contribution in [-0.2, 0) is 17.9 Å². The van der Waals surface area contributed by atoms with Crippen LogP contribution in [0.15, 0.2) is 66.9 Å². The van der Waals surface area contributed by atoms with E-state index in [-0.39, 0.29) is 10.8 Å². The standard InChI is InChI=1S/C30H33N3/c1-29(2,3)21-10-8-19-16-20-9-11-22(30(4,5)6)18-24(20)28(23(19)17-21)27-13-12-25(31-27)26-14-15-33(7)32-26/h8-18,31H,1-7H3. The lowest BCUT2D eigenvalue weighted by Gasteiger charge is -2.22. The lowest BCUT2D eigenvalue weighted by atomic mass is 9.82. The summed E-state index contributed by atoms with van der Waals surface area (Å²) in [4.78, 5) is 3.68. The van der Waals surface area contributed by atoms with Crippen LogP contribution in [0.2, 0.25) is 0 Å². The number of fused-ring (bicyclic) bond motifs is 2. The van der Waals surface area contributed by atoms with E-state index in [0.29, 0.717) is 0 Å². The van der Waals surface area contributed by atoms with Crippen LogP contribution in [-0.4, -0.2) is 14.8 Å². The maximum atomic E-state index is 4.59. The van der Waals surface area contributed by atoms with E-state index in [1.165, 1.54) is 38.2 Å². The van der Waals surface area contributed by atoms with Crippen molar-refractivity contribution in [2.45, 2.75) is 52.4 Å². The van der Waals surface area contributed by atoms with E-state index >= 15 is 0 Å². The number of nitrogens with one attached hydrogen (secondary N) is 1. The molecule has 0 radical (unpaired) electrons. The van der Waals surface area contributed by atoms with Crippen molar-refractivity contribution in [1.29, 1.82) is 0 Å². The van der Waals surface area contributed by atoms with E-state index in [0.717, 1.165) is 17.1 Å². The molecule has 33 heavy (non-hydrogen) atoms. The van der Waals surface area contributed by atoms with Crippen molar-refractivity contribution >= 4 is 21.5 Å². The highest BCUT2D eigenvalue weighted by atomic mass is 15.2. The molecule has 0 aliphatic heterocycles. The second-order valence-electron chi connectivity index (χ2n) is 11.3. The average molecular weight is 436 g/mol. The van der Waals surface area contributed by atoms with Crippen molar-refractivity contribution in [2.75, 3.05) is 0 Å². The predicted octanol–water partition coefficient (Wildman–Crippen LogP) is 7.98. The quantitative estimate of drug-likeness (QED) is 0.280. The normalized spacial score (nSPS) is 12.7. The molecule has 0 saturated carbocycles. The highest BCUT2D eigenvalue weighted by molar-refractivity contribution is 6.12. The van der Waals surface area contributed by atoms with Gasteiger partial charge >= 0.3 is 0 Å². The largest absolute Gasteiger partial charge is 0.353 e. The van der Waals surface area contributed by atoms with Gasteiger partial charge in [0.2, 0.25) is 0 Å². The van der Waals surface area contributed by atoms with Crippen molar-refractivity contribution in [3.05, 3.63) is 78.0 Å². The minimum absolute atomic E-state index is 0.0858. The Bertz CT molecular complexity index is 1410. The first kappa shape index (κ1) is 21.5. The smallest absolute Gasteiger partial charge is 0.108 e. The number of benzene rings is 3. The van der Waals surface area contributed by atoms with Crippen LogP contribution in [0.4, 0.5) is 0 Å². The summed E-state index contributed by atoms with van der Waals surface area (Å²) in [7, 11) is 1.95. The minimum atomic E-state index is 0.0858. The second-order valence-corrected chi connectivity index (χ2v) is 11.3. The molecular formula is C30H33N3. The van der Waals surface area contributed by atoms with Gasteiger partial charge < -0.3 is 4.98 Å². The summed E-state index contributed by atoms with van der Waals surface area (Å²) in [6.07, 6.45) is 1.98. The van der Waals surface area contributed by atoms with Gasteiger partial charge in [-0.25, -0.2) is 0 Å². The van der Waals surface area contributed by atoms with Gasteiger partial charge in [-0.1, -0.05) is 65.8 Å². The Hall–Kier alpha value is -3.33. The first-order valence-corrected chi connectivity index (χ1v) is 11.7. The maximum Gasteiger partial charge on any atom is 0.108 e. The molecule has 2 heterocycles. The first-order valence-electron chi connectivity index (χ1n) is 11.7. The van der Waals surface area contributed by atoms with Gasteiger partial charge in [0, 0.05) is 24.5 Å². The first-order chi connectivity index (χ1) is 15.5. The molecule has 2 aromatic heterocycles. The summed E-state index contributed by atoms with van der Waals surface area (Å²) < 4.78 is 1.84. The lowest BCUT2D eigenvalue weighted by Crippen LogP contribution is -2.11. The highest BCUT2D eigenvalue weighted by Crippen LogP contribution is 2.40. The van der Waals surface area contributed by atoms with Crippen LogP contribution in [0.3, 0.4) is 0 Å². The van der Waals surface area contributed by atoms with Gasteiger partial charge in [-0.15, -0.1) is 0 Å². The molecule has 0 amide bonds. The molecule has 0 spiro atoms. The fourth-order valence-corrected chi connectivity index (χ4v) is 4.58. The van der Waals surface area contributed by atoms with Crippen LogP contribution in [0.5, 0.6) is 0 Å². The third-order valence-corrected chi connectivity index (χ3v) is 6.63. The predicted molar refractivity (Wildman–Crippen MR) is 141 cm³/mol. The number of hydrogen-bond acceptors (Lipinski definition) is 1. The molecule has 168 valence electrons. The topological polar surface area (TPSA) is 33.6 Å². The van der Waals surface area contributed by atoms with Crippen LogP contribution < -0.4 is 0 Å². The summed E-state index contributed by atoms with van der Waals surface area (Å²) >= 11 is 0. The monoisotopic (exact) mass is 435 g/mol. The van der Waals surface area contributed by atoms with Crippen LogP contribution in [0.25, 0.3) is 44.2 Å². The second kappa shape index (κ2) is 7.34. The average Bonchev–Trinajstić information content (AvgIpc) is 3.39. The fourth-order valence-electron chi connectivity index (χ4n) is 4.58. The van der Waals surface area contributed by atoms with Crippen LogP contribution >= 0.6 is 0 Å². The Morgan fingerprint density at radius 2 is 1.21 bits per heavy atom. The fraction of sp³-hybridized carbons (Fsp3) is 0.300. The van der Waals surface area contributed by atoms with Crippen molar-refractivity contribution in [3.63, 3.8) is 0 Å². The molecule has 0 atom stereocenters. The zero-order valence-corrected chi connectivity index (χ0v) is 20.7. The molecule has 0 fully saturated rings. The third-order valence-electron chi connectivity index (χ3n) is 6.63. The maximum absolute atomic E-state index is 4.59. The van der Waals surface area contributed by atoms with Crippen molar-refractivity contribution in [1.82, 2.24) is 14.8 Å². The minimum Gasteiger partial charge on any atom is -0.353 e. The van der Waals surface area contributed by atoms with Gasteiger partial charge in [-0.05, 0) is 79.9 Å². The zero-order chi connectivity index (χ0) is 23.5. The highest BCUT2D eigenvalue weighted by Gasteiger charge is 2.20. The summed E-state index contributed by atoms with van der Waals surface area (Å²) in [5, 5.41) is 9.70. The number of aromatic nitrogens is 3. The summed E-state index contributed by atoms with van der Waals surface area (Å²) in [6.45, 7) is 13.7. The Morgan fingerprint density at radius 1 is 0.667 bits per heavy atom. The van der Waals surface area contributed by atoms with E-state index < -0.39 is 0 Å². The van der Waals surface area contributed by atoms with E-state index in [4.69, 9.17) is 0 Å². The van der Waals surface area contributed by atoms with Crippen molar-refractivity contribution < 1.29 is 0 Å². The van der Waals surface area contributed by atoms with Gasteiger partial charge in [0.1, 0.15) is 5.69 Å². The molecule has 0 aliphatic rings. The van der Waals surface area contributed by atoms with Crippen molar-refractivity contribution in [2.24, 2.45) is 7.05 Å². The summed E-state index contributed by atoms with van der Waals surface area (Å²) in [6, 6.07) is 22.6. The number of H-pyrrole nitrogens is 1. The molecular weight excluding hydrogens is 402 g/mol. The molecule has 0 bridgehead atoms. The molecule has 5 rings (SSSR count). The summed E-state index contributed by atoms with van der Waals surface area (Å²) in [5.41, 5.74) is 7.25. The lowest BCUT2D eigenvalue weighted by molar-refractivity contribution is 0.591. The molecule has 3 heteroatoms. The molecule has 0 unspecified atom stereocenters. The molecule has 0 saturated heterocycles. The molecule has 3 nitrogen and oxygen atoms in total. The van der Waals surface area contributed by atoms with E-state index in [2.05, 4.69) is 106 Å². The van der Waals surface area contributed by atoms with Crippen LogP contribution in [0, 0.1) is 0 Å².